The van der Waals surface area contributed by atoms with Gasteiger partial charge in [0.05, 0.1) is 12.2 Å². The molecule has 0 aliphatic heterocycles. The molecular formula is C38H70O2. The highest BCUT2D eigenvalue weighted by Crippen LogP contribution is 2.16. The van der Waals surface area contributed by atoms with E-state index in [1.165, 1.54) is 122 Å². The quantitative estimate of drug-likeness (QED) is 0.0656. The summed E-state index contributed by atoms with van der Waals surface area (Å²) < 4.78 is 0. The van der Waals surface area contributed by atoms with Crippen molar-refractivity contribution in [3.05, 3.63) is 48.6 Å². The van der Waals surface area contributed by atoms with Crippen molar-refractivity contribution in [3.8, 4) is 0 Å². The Kier molecular flexibility index (Phi) is 33.1. The van der Waals surface area contributed by atoms with E-state index >= 15 is 0 Å². The van der Waals surface area contributed by atoms with Crippen molar-refractivity contribution in [2.45, 2.75) is 193 Å². The minimum atomic E-state index is -0.336. The van der Waals surface area contributed by atoms with Crippen molar-refractivity contribution >= 4 is 0 Å². The third-order valence-corrected chi connectivity index (χ3v) is 7.77. The summed E-state index contributed by atoms with van der Waals surface area (Å²) >= 11 is 0. The van der Waals surface area contributed by atoms with Crippen molar-refractivity contribution in [3.63, 3.8) is 0 Å². The highest BCUT2D eigenvalue weighted by atomic mass is 16.3. The monoisotopic (exact) mass is 559 g/mol. The molecule has 0 aromatic rings. The first-order chi connectivity index (χ1) is 19.7. The van der Waals surface area contributed by atoms with E-state index in [9.17, 15) is 10.2 Å². The maximum atomic E-state index is 10.3. The Morgan fingerprint density at radius 2 is 0.675 bits per heavy atom. The first kappa shape index (κ1) is 38.9. The van der Waals surface area contributed by atoms with Crippen molar-refractivity contribution in [1.29, 1.82) is 0 Å². The number of unbranched alkanes of at least 4 members (excludes halogenated alkanes) is 17. The van der Waals surface area contributed by atoms with E-state index in [4.69, 9.17) is 0 Å². The third kappa shape index (κ3) is 33.1. The Morgan fingerprint density at radius 1 is 0.375 bits per heavy atom. The van der Waals surface area contributed by atoms with Crippen LogP contribution in [0.25, 0.3) is 0 Å². The van der Waals surface area contributed by atoms with Crippen LogP contribution in [0.3, 0.4) is 0 Å². The molecular weight excluding hydrogens is 488 g/mol. The topological polar surface area (TPSA) is 40.5 Å². The molecule has 0 fully saturated rings. The Balaban J connectivity index is 3.41. The van der Waals surface area contributed by atoms with E-state index in [2.05, 4.69) is 62.5 Å². The fourth-order valence-electron chi connectivity index (χ4n) is 5.11. The summed E-state index contributed by atoms with van der Waals surface area (Å²) in [4.78, 5) is 0. The zero-order valence-electron chi connectivity index (χ0n) is 27.1. The molecule has 0 saturated carbocycles. The summed E-state index contributed by atoms with van der Waals surface area (Å²) in [5.41, 5.74) is 0. The standard InChI is InChI=1S/C38H70O2/c1-3-5-7-9-11-13-15-17-19-21-23-25-27-29-31-33-35-38(40)36-37(39)34-32-30-28-26-24-22-20-18-16-14-12-10-8-6-4-2/h11-14,17-20,37-40H,3-10,15-16,21-36H2,1-2H3/b13-11-,14-12-,19-17-,20-18-. The van der Waals surface area contributed by atoms with E-state index in [-0.39, 0.29) is 12.2 Å². The molecule has 234 valence electrons. The predicted molar refractivity (Wildman–Crippen MR) is 180 cm³/mol. The fourth-order valence-corrected chi connectivity index (χ4v) is 5.11. The van der Waals surface area contributed by atoms with Gasteiger partial charge in [-0.3, -0.25) is 0 Å². The number of hydrogen-bond acceptors (Lipinski definition) is 2. The first-order valence-corrected chi connectivity index (χ1v) is 17.7. The van der Waals surface area contributed by atoms with Crippen LogP contribution in [-0.4, -0.2) is 22.4 Å². The van der Waals surface area contributed by atoms with E-state index in [1.807, 2.05) is 0 Å². The molecule has 2 N–H and O–H groups in total. The van der Waals surface area contributed by atoms with E-state index in [0.717, 1.165) is 38.5 Å². The number of aliphatic hydroxyl groups excluding tert-OH is 2. The Hall–Kier alpha value is -1.12. The number of allylic oxidation sites excluding steroid dienone is 8. The summed E-state index contributed by atoms with van der Waals surface area (Å²) in [5.74, 6) is 0. The van der Waals surface area contributed by atoms with Crippen LogP contribution >= 0.6 is 0 Å². The average molecular weight is 559 g/mol. The zero-order chi connectivity index (χ0) is 29.2. The highest BCUT2D eigenvalue weighted by molar-refractivity contribution is 4.93. The summed E-state index contributed by atoms with van der Waals surface area (Å²) in [5, 5.41) is 20.6. The molecule has 0 heterocycles. The Morgan fingerprint density at radius 3 is 1.02 bits per heavy atom. The largest absolute Gasteiger partial charge is 0.393 e. The predicted octanol–water partition coefficient (Wildman–Crippen LogP) is 12.1. The summed E-state index contributed by atoms with van der Waals surface area (Å²) in [6.07, 6.45) is 48.6. The van der Waals surface area contributed by atoms with Crippen molar-refractivity contribution in [2.75, 3.05) is 0 Å². The van der Waals surface area contributed by atoms with Gasteiger partial charge in [0.15, 0.2) is 0 Å². The zero-order valence-corrected chi connectivity index (χ0v) is 27.1. The van der Waals surface area contributed by atoms with Crippen LogP contribution in [-0.2, 0) is 0 Å². The first-order valence-electron chi connectivity index (χ1n) is 17.7. The molecule has 0 aliphatic rings. The van der Waals surface area contributed by atoms with Crippen LogP contribution in [0.15, 0.2) is 48.6 Å². The lowest BCUT2D eigenvalue weighted by molar-refractivity contribution is 0.0680. The molecule has 2 unspecified atom stereocenters. The normalized spacial score (nSPS) is 14.0. The van der Waals surface area contributed by atoms with Crippen LogP contribution in [0.1, 0.15) is 181 Å². The van der Waals surface area contributed by atoms with Crippen LogP contribution in [0.2, 0.25) is 0 Å². The lowest BCUT2D eigenvalue weighted by Gasteiger charge is -2.15. The lowest BCUT2D eigenvalue weighted by Crippen LogP contribution is -2.17. The second-order valence-electron chi connectivity index (χ2n) is 11.9. The molecule has 0 aromatic carbocycles. The number of aliphatic hydroxyl groups is 2. The van der Waals surface area contributed by atoms with Gasteiger partial charge in [-0.15, -0.1) is 0 Å². The smallest absolute Gasteiger partial charge is 0.0564 e. The third-order valence-electron chi connectivity index (χ3n) is 7.77. The van der Waals surface area contributed by atoms with Gasteiger partial charge in [0.1, 0.15) is 0 Å². The molecule has 0 amide bonds. The molecule has 0 aromatic heterocycles. The highest BCUT2D eigenvalue weighted by Gasteiger charge is 2.11. The maximum absolute atomic E-state index is 10.3. The summed E-state index contributed by atoms with van der Waals surface area (Å²) in [6.45, 7) is 4.51. The molecule has 0 aliphatic carbocycles. The number of hydrogen-bond donors (Lipinski definition) is 2. The van der Waals surface area contributed by atoms with Crippen LogP contribution in [0.5, 0.6) is 0 Å². The second-order valence-corrected chi connectivity index (χ2v) is 11.9. The SMILES string of the molecule is CCCCC/C=C\C/C=C\CCCCCCCCC(O)CC(O)CCCCCCC/C=C\C/C=C\CCCCC. The van der Waals surface area contributed by atoms with E-state index < -0.39 is 0 Å². The van der Waals surface area contributed by atoms with Crippen molar-refractivity contribution in [2.24, 2.45) is 0 Å². The van der Waals surface area contributed by atoms with Gasteiger partial charge in [0.25, 0.3) is 0 Å². The average Bonchev–Trinajstić information content (AvgIpc) is 2.94. The molecule has 0 bridgehead atoms. The maximum Gasteiger partial charge on any atom is 0.0564 e. The van der Waals surface area contributed by atoms with Crippen LogP contribution < -0.4 is 0 Å². The summed E-state index contributed by atoms with van der Waals surface area (Å²) in [6, 6.07) is 0. The Labute approximate surface area is 251 Å². The molecule has 2 heteroatoms. The van der Waals surface area contributed by atoms with E-state index in [0.29, 0.717) is 6.42 Å². The van der Waals surface area contributed by atoms with Gasteiger partial charge >= 0.3 is 0 Å². The minimum absolute atomic E-state index is 0.334. The number of rotatable bonds is 31. The molecule has 2 atom stereocenters. The van der Waals surface area contributed by atoms with Crippen LogP contribution in [0.4, 0.5) is 0 Å². The van der Waals surface area contributed by atoms with Crippen molar-refractivity contribution in [1.82, 2.24) is 0 Å². The van der Waals surface area contributed by atoms with Gasteiger partial charge in [-0.25, -0.2) is 0 Å². The van der Waals surface area contributed by atoms with Gasteiger partial charge in [-0.1, -0.05) is 146 Å². The summed E-state index contributed by atoms with van der Waals surface area (Å²) in [7, 11) is 0. The minimum Gasteiger partial charge on any atom is -0.393 e. The molecule has 0 saturated heterocycles. The lowest BCUT2D eigenvalue weighted by atomic mass is 10.00. The van der Waals surface area contributed by atoms with E-state index in [1.54, 1.807) is 0 Å². The van der Waals surface area contributed by atoms with Gasteiger partial charge < -0.3 is 10.2 Å². The molecule has 40 heavy (non-hydrogen) atoms. The van der Waals surface area contributed by atoms with Gasteiger partial charge in [0, 0.05) is 0 Å². The second kappa shape index (κ2) is 34.1. The molecule has 0 rings (SSSR count). The molecule has 0 spiro atoms. The van der Waals surface area contributed by atoms with Crippen molar-refractivity contribution < 1.29 is 10.2 Å². The van der Waals surface area contributed by atoms with Gasteiger partial charge in [-0.05, 0) is 83.5 Å². The Bertz CT molecular complexity index is 588. The van der Waals surface area contributed by atoms with Gasteiger partial charge in [0.2, 0.25) is 0 Å². The molecule has 2 nitrogen and oxygen atoms in total. The van der Waals surface area contributed by atoms with Crippen LogP contribution in [0, 0.1) is 0 Å². The van der Waals surface area contributed by atoms with Gasteiger partial charge in [-0.2, -0.15) is 0 Å². The fraction of sp³-hybridized carbons (Fsp3) is 0.789. The molecule has 0 radical (unpaired) electrons.